The number of hydrogen-bond donors (Lipinski definition) is 1. The number of guanidine groups is 1. The minimum Gasteiger partial charge on any atom is -0.370 e. The van der Waals surface area contributed by atoms with Crippen LogP contribution in [0.2, 0.25) is 10.0 Å². The summed E-state index contributed by atoms with van der Waals surface area (Å²) in [6, 6.07) is 5.56. The molecule has 1 aliphatic rings. The second-order valence-electron chi connectivity index (χ2n) is 4.83. The average Bonchev–Trinajstić information content (AvgIpc) is 2.45. The van der Waals surface area contributed by atoms with Crippen molar-refractivity contribution in [3.05, 3.63) is 33.8 Å². The van der Waals surface area contributed by atoms with Crippen LogP contribution in [0.5, 0.6) is 0 Å². The van der Waals surface area contributed by atoms with E-state index >= 15 is 0 Å². The summed E-state index contributed by atoms with van der Waals surface area (Å²) in [5.74, 6) is 3.00. The highest BCUT2D eigenvalue weighted by Gasteiger charge is 2.15. The second kappa shape index (κ2) is 7.43. The molecule has 6 heteroatoms. The Kier molecular flexibility index (Phi) is 5.87. The quantitative estimate of drug-likeness (QED) is 0.681. The minimum atomic E-state index is 0.147. The highest BCUT2D eigenvalue weighted by Crippen LogP contribution is 2.31. The van der Waals surface area contributed by atoms with E-state index in [0.717, 1.165) is 30.2 Å². The molecule has 0 aromatic heterocycles. The lowest BCUT2D eigenvalue weighted by molar-refractivity contribution is 0.455. The van der Waals surface area contributed by atoms with Crippen molar-refractivity contribution in [3.63, 3.8) is 0 Å². The summed E-state index contributed by atoms with van der Waals surface area (Å²) in [7, 11) is 0. The molecular weight excluding hydrogens is 313 g/mol. The van der Waals surface area contributed by atoms with Gasteiger partial charge in [0, 0.05) is 47.1 Å². The maximum atomic E-state index is 6.21. The van der Waals surface area contributed by atoms with Gasteiger partial charge in [-0.15, -0.1) is 0 Å². The van der Waals surface area contributed by atoms with Crippen LogP contribution in [-0.2, 0) is 0 Å². The molecule has 0 aliphatic carbocycles. The van der Waals surface area contributed by atoms with E-state index < -0.39 is 0 Å². The lowest BCUT2D eigenvalue weighted by Crippen LogP contribution is -2.42. The van der Waals surface area contributed by atoms with Crippen LogP contribution in [0.1, 0.15) is 18.4 Å². The van der Waals surface area contributed by atoms with Gasteiger partial charge in [0.05, 0.1) is 0 Å². The summed E-state index contributed by atoms with van der Waals surface area (Å²) < 4.78 is 0. The monoisotopic (exact) mass is 331 g/mol. The number of hydrogen-bond acceptors (Lipinski definition) is 2. The third-order valence-electron chi connectivity index (χ3n) is 3.35. The smallest absolute Gasteiger partial charge is 0.191 e. The molecule has 110 valence electrons. The topological polar surface area (TPSA) is 41.6 Å². The zero-order valence-electron chi connectivity index (χ0n) is 11.5. The van der Waals surface area contributed by atoms with E-state index in [9.17, 15) is 0 Å². The molecule has 0 bridgehead atoms. The van der Waals surface area contributed by atoms with E-state index in [1.807, 2.05) is 30.0 Å². The third-order valence-corrected chi connectivity index (χ3v) is 4.96. The maximum Gasteiger partial charge on any atom is 0.191 e. The number of nitrogens with zero attached hydrogens (tertiary/aromatic N) is 2. The van der Waals surface area contributed by atoms with E-state index in [-0.39, 0.29) is 5.92 Å². The van der Waals surface area contributed by atoms with E-state index in [1.54, 1.807) is 0 Å². The zero-order chi connectivity index (χ0) is 14.5. The Bertz CT molecular complexity index is 467. The summed E-state index contributed by atoms with van der Waals surface area (Å²) in [5.41, 5.74) is 7.00. The van der Waals surface area contributed by atoms with Crippen LogP contribution in [0.4, 0.5) is 0 Å². The van der Waals surface area contributed by atoms with Crippen LogP contribution < -0.4 is 5.73 Å². The van der Waals surface area contributed by atoms with Crippen molar-refractivity contribution >= 4 is 40.9 Å². The Labute approximate surface area is 134 Å². The number of thioether (sulfide) groups is 1. The van der Waals surface area contributed by atoms with Crippen LogP contribution in [0.3, 0.4) is 0 Å². The van der Waals surface area contributed by atoms with Crippen molar-refractivity contribution in [2.75, 3.05) is 31.1 Å². The number of nitrogens with two attached hydrogens (primary N) is 1. The molecule has 1 unspecified atom stereocenters. The zero-order valence-corrected chi connectivity index (χ0v) is 13.8. The van der Waals surface area contributed by atoms with E-state index in [4.69, 9.17) is 28.9 Å². The molecule has 0 saturated carbocycles. The fourth-order valence-corrected chi connectivity index (χ4v) is 3.87. The Hall–Kier alpha value is -0.580. The molecular formula is C14H19Cl2N3S. The summed E-state index contributed by atoms with van der Waals surface area (Å²) in [4.78, 5) is 6.64. The van der Waals surface area contributed by atoms with Crippen molar-refractivity contribution in [3.8, 4) is 0 Å². The van der Waals surface area contributed by atoms with Gasteiger partial charge in [-0.25, -0.2) is 0 Å². The predicted octanol–water partition coefficient (Wildman–Crippen LogP) is 3.46. The Balaban J connectivity index is 2.02. The number of aliphatic imine (C=N–C) groups is 1. The average molecular weight is 332 g/mol. The van der Waals surface area contributed by atoms with Gasteiger partial charge in [-0.2, -0.15) is 11.8 Å². The first-order valence-electron chi connectivity index (χ1n) is 6.66. The summed E-state index contributed by atoms with van der Waals surface area (Å²) in [6.07, 6.45) is 0. The molecule has 0 radical (unpaired) electrons. The van der Waals surface area contributed by atoms with E-state index in [2.05, 4.69) is 16.8 Å². The Morgan fingerprint density at radius 1 is 1.35 bits per heavy atom. The molecule has 1 fully saturated rings. The molecule has 1 heterocycles. The SMILES string of the molecule is CC(CN=C(N)N1CCSCC1)c1c(Cl)cccc1Cl. The molecule has 20 heavy (non-hydrogen) atoms. The van der Waals surface area contributed by atoms with Crippen LogP contribution >= 0.6 is 35.0 Å². The van der Waals surface area contributed by atoms with Gasteiger partial charge in [0.25, 0.3) is 0 Å². The molecule has 1 saturated heterocycles. The lowest BCUT2D eigenvalue weighted by atomic mass is 10.0. The highest BCUT2D eigenvalue weighted by molar-refractivity contribution is 7.99. The number of halogens is 2. The first kappa shape index (κ1) is 15.8. The van der Waals surface area contributed by atoms with Gasteiger partial charge in [0.15, 0.2) is 5.96 Å². The van der Waals surface area contributed by atoms with Crippen LogP contribution in [-0.4, -0.2) is 42.0 Å². The fourth-order valence-electron chi connectivity index (χ4n) is 2.20. The molecule has 1 atom stereocenters. The van der Waals surface area contributed by atoms with Gasteiger partial charge in [-0.05, 0) is 17.7 Å². The van der Waals surface area contributed by atoms with Crippen molar-refractivity contribution in [2.45, 2.75) is 12.8 Å². The molecule has 2 N–H and O–H groups in total. The molecule has 3 nitrogen and oxygen atoms in total. The first-order valence-corrected chi connectivity index (χ1v) is 8.57. The van der Waals surface area contributed by atoms with Crippen LogP contribution in [0, 0.1) is 0 Å². The largest absolute Gasteiger partial charge is 0.370 e. The van der Waals surface area contributed by atoms with E-state index in [1.165, 1.54) is 0 Å². The maximum absolute atomic E-state index is 6.21. The predicted molar refractivity (Wildman–Crippen MR) is 90.3 cm³/mol. The van der Waals surface area contributed by atoms with Gasteiger partial charge >= 0.3 is 0 Å². The van der Waals surface area contributed by atoms with Crippen molar-refractivity contribution < 1.29 is 0 Å². The van der Waals surface area contributed by atoms with Gasteiger partial charge in [0.1, 0.15) is 0 Å². The van der Waals surface area contributed by atoms with Crippen LogP contribution in [0.25, 0.3) is 0 Å². The molecule has 0 amide bonds. The van der Waals surface area contributed by atoms with Gasteiger partial charge in [-0.3, -0.25) is 4.99 Å². The third kappa shape index (κ3) is 3.96. The van der Waals surface area contributed by atoms with Gasteiger partial charge in [0.2, 0.25) is 0 Å². The number of benzene rings is 1. The molecule has 0 spiro atoms. The second-order valence-corrected chi connectivity index (χ2v) is 6.87. The highest BCUT2D eigenvalue weighted by atomic mass is 35.5. The Morgan fingerprint density at radius 3 is 2.55 bits per heavy atom. The summed E-state index contributed by atoms with van der Waals surface area (Å²) in [5, 5.41) is 1.38. The number of rotatable bonds is 3. The van der Waals surface area contributed by atoms with Crippen molar-refractivity contribution in [1.82, 2.24) is 4.90 Å². The standard InChI is InChI=1S/C14H19Cl2N3S/c1-10(13-11(15)3-2-4-12(13)16)9-18-14(17)19-5-7-20-8-6-19/h2-4,10H,5-9H2,1H3,(H2,17,18). The van der Waals surface area contributed by atoms with Gasteiger partial charge in [-0.1, -0.05) is 36.2 Å². The lowest BCUT2D eigenvalue weighted by Gasteiger charge is -2.27. The molecule has 1 aromatic carbocycles. The van der Waals surface area contributed by atoms with Crippen molar-refractivity contribution in [1.29, 1.82) is 0 Å². The molecule has 1 aromatic rings. The molecule has 1 aliphatic heterocycles. The van der Waals surface area contributed by atoms with E-state index in [0.29, 0.717) is 22.5 Å². The fraction of sp³-hybridized carbons (Fsp3) is 0.500. The van der Waals surface area contributed by atoms with Crippen molar-refractivity contribution in [2.24, 2.45) is 10.7 Å². The van der Waals surface area contributed by atoms with Gasteiger partial charge < -0.3 is 10.6 Å². The molecule has 2 rings (SSSR count). The normalized spacial score (nSPS) is 18.1. The summed E-state index contributed by atoms with van der Waals surface area (Å²) in [6.45, 7) is 4.61. The van der Waals surface area contributed by atoms with Crippen LogP contribution in [0.15, 0.2) is 23.2 Å². The Morgan fingerprint density at radius 2 is 1.95 bits per heavy atom. The minimum absolute atomic E-state index is 0.147. The first-order chi connectivity index (χ1) is 9.59. The summed E-state index contributed by atoms with van der Waals surface area (Å²) >= 11 is 14.4.